The summed E-state index contributed by atoms with van der Waals surface area (Å²) in [5.41, 5.74) is -0.321. The Bertz CT molecular complexity index is 400. The zero-order valence-corrected chi connectivity index (χ0v) is 9.53. The summed E-state index contributed by atoms with van der Waals surface area (Å²) in [4.78, 5) is 11.3. The van der Waals surface area contributed by atoms with Crippen LogP contribution in [-0.4, -0.2) is 12.0 Å². The molecule has 0 bridgehead atoms. The van der Waals surface area contributed by atoms with E-state index in [9.17, 15) is 22.4 Å². The predicted molar refractivity (Wildman–Crippen MR) is 53.7 cm³/mol. The van der Waals surface area contributed by atoms with Crippen LogP contribution in [0.3, 0.4) is 0 Å². The van der Waals surface area contributed by atoms with Gasteiger partial charge in [0.15, 0.2) is 5.78 Å². The Kier molecular flexibility index (Phi) is 4.07. The first kappa shape index (κ1) is 13.2. The minimum Gasteiger partial charge on any atom is -0.294 e. The number of ketones is 1. The molecule has 1 aromatic rings. The Morgan fingerprint density at radius 2 is 1.94 bits per heavy atom. The fourth-order valence-corrected chi connectivity index (χ4v) is 1.46. The number of rotatable bonds is 3. The number of carbonyl (C=O) groups is 1. The van der Waals surface area contributed by atoms with Crippen LogP contribution in [0.2, 0.25) is 0 Å². The molecule has 0 fully saturated rings. The highest BCUT2D eigenvalue weighted by Crippen LogP contribution is 2.24. The monoisotopic (exact) mass is 298 g/mol. The van der Waals surface area contributed by atoms with Gasteiger partial charge in [-0.2, -0.15) is 13.2 Å². The molecule has 0 heterocycles. The Balaban J connectivity index is 2.77. The van der Waals surface area contributed by atoms with E-state index in [0.29, 0.717) is 4.47 Å². The van der Waals surface area contributed by atoms with Crippen molar-refractivity contribution in [1.82, 2.24) is 0 Å². The van der Waals surface area contributed by atoms with Crippen molar-refractivity contribution in [2.45, 2.75) is 19.0 Å². The van der Waals surface area contributed by atoms with Crippen LogP contribution in [0.15, 0.2) is 22.7 Å². The molecule has 0 saturated carbocycles. The Morgan fingerprint density at radius 3 is 2.50 bits per heavy atom. The molecule has 1 rings (SSSR count). The molecule has 6 heteroatoms. The average molecular weight is 299 g/mol. The van der Waals surface area contributed by atoms with Crippen LogP contribution in [0.5, 0.6) is 0 Å². The first-order valence-electron chi connectivity index (χ1n) is 4.34. The summed E-state index contributed by atoms with van der Waals surface area (Å²) >= 11 is 3.01. The molecular weight excluding hydrogens is 292 g/mol. The molecule has 0 radical (unpaired) electrons. The maximum absolute atomic E-state index is 13.1. The highest BCUT2D eigenvalue weighted by molar-refractivity contribution is 9.10. The second kappa shape index (κ2) is 4.95. The van der Waals surface area contributed by atoms with Crippen LogP contribution in [0.1, 0.15) is 23.2 Å². The van der Waals surface area contributed by atoms with Gasteiger partial charge in [0, 0.05) is 10.9 Å². The maximum Gasteiger partial charge on any atom is 0.389 e. The van der Waals surface area contributed by atoms with Crippen LogP contribution in [-0.2, 0) is 0 Å². The quantitative estimate of drug-likeness (QED) is 0.606. The Hall–Kier alpha value is -0.910. The maximum atomic E-state index is 13.1. The third-order valence-electron chi connectivity index (χ3n) is 1.86. The second-order valence-electron chi connectivity index (χ2n) is 3.16. The molecule has 16 heavy (non-hydrogen) atoms. The molecule has 88 valence electrons. The van der Waals surface area contributed by atoms with Crippen molar-refractivity contribution < 1.29 is 22.4 Å². The number of halogens is 5. The van der Waals surface area contributed by atoms with Crippen molar-refractivity contribution >= 4 is 21.7 Å². The highest BCUT2D eigenvalue weighted by atomic mass is 79.9. The summed E-state index contributed by atoms with van der Waals surface area (Å²) in [5.74, 6) is -1.66. The van der Waals surface area contributed by atoms with Gasteiger partial charge < -0.3 is 0 Å². The summed E-state index contributed by atoms with van der Waals surface area (Å²) in [6.45, 7) is 0. The summed E-state index contributed by atoms with van der Waals surface area (Å²) < 4.78 is 49.1. The van der Waals surface area contributed by atoms with Crippen LogP contribution >= 0.6 is 15.9 Å². The zero-order chi connectivity index (χ0) is 12.3. The number of benzene rings is 1. The van der Waals surface area contributed by atoms with Gasteiger partial charge in [-0.1, -0.05) is 15.9 Å². The van der Waals surface area contributed by atoms with Crippen molar-refractivity contribution in [2.24, 2.45) is 0 Å². The first-order chi connectivity index (χ1) is 7.29. The van der Waals surface area contributed by atoms with Gasteiger partial charge in [-0.15, -0.1) is 0 Å². The number of hydrogen-bond acceptors (Lipinski definition) is 1. The number of Topliss-reactive ketones (excluding diaryl/α,β-unsaturated/α-hetero) is 1. The van der Waals surface area contributed by atoms with Crippen molar-refractivity contribution in [2.75, 3.05) is 0 Å². The van der Waals surface area contributed by atoms with Crippen LogP contribution in [0.4, 0.5) is 17.6 Å². The lowest BCUT2D eigenvalue weighted by atomic mass is 10.1. The molecule has 0 atom stereocenters. The van der Waals surface area contributed by atoms with Gasteiger partial charge in [0.1, 0.15) is 5.82 Å². The Labute approximate surface area is 97.6 Å². The molecular formula is C10H7BrF4O. The second-order valence-corrected chi connectivity index (χ2v) is 4.08. The van der Waals surface area contributed by atoms with E-state index in [-0.39, 0.29) is 5.56 Å². The van der Waals surface area contributed by atoms with Gasteiger partial charge >= 0.3 is 6.18 Å². The number of carbonyl (C=O) groups excluding carboxylic acids is 1. The minimum absolute atomic E-state index is 0.321. The van der Waals surface area contributed by atoms with E-state index in [1.807, 2.05) is 0 Å². The van der Waals surface area contributed by atoms with E-state index in [1.54, 1.807) is 0 Å². The molecule has 0 N–H and O–H groups in total. The van der Waals surface area contributed by atoms with E-state index >= 15 is 0 Å². The lowest BCUT2D eigenvalue weighted by Crippen LogP contribution is -2.11. The van der Waals surface area contributed by atoms with Crippen molar-refractivity contribution in [1.29, 1.82) is 0 Å². The lowest BCUT2D eigenvalue weighted by molar-refractivity contribution is -0.133. The fraction of sp³-hybridized carbons (Fsp3) is 0.300. The van der Waals surface area contributed by atoms with E-state index in [0.717, 1.165) is 6.07 Å². The molecule has 0 unspecified atom stereocenters. The van der Waals surface area contributed by atoms with Crippen LogP contribution in [0, 0.1) is 5.82 Å². The lowest BCUT2D eigenvalue weighted by Gasteiger charge is -2.06. The third-order valence-corrected chi connectivity index (χ3v) is 2.36. The first-order valence-corrected chi connectivity index (χ1v) is 5.14. The highest BCUT2D eigenvalue weighted by Gasteiger charge is 2.28. The SMILES string of the molecule is O=C(CCC(F)(F)F)c1cc(Br)ccc1F. The molecule has 0 aliphatic carbocycles. The summed E-state index contributed by atoms with van der Waals surface area (Å²) in [5, 5.41) is 0. The van der Waals surface area contributed by atoms with Gasteiger partial charge in [0.2, 0.25) is 0 Å². The zero-order valence-electron chi connectivity index (χ0n) is 7.94. The molecule has 0 aromatic heterocycles. The van der Waals surface area contributed by atoms with E-state index in [1.165, 1.54) is 12.1 Å². The van der Waals surface area contributed by atoms with Crippen molar-refractivity contribution in [3.8, 4) is 0 Å². The minimum atomic E-state index is -4.40. The van der Waals surface area contributed by atoms with E-state index in [2.05, 4.69) is 15.9 Å². The van der Waals surface area contributed by atoms with Crippen LogP contribution in [0.25, 0.3) is 0 Å². The normalized spacial score (nSPS) is 11.6. The number of alkyl halides is 3. The topological polar surface area (TPSA) is 17.1 Å². The Morgan fingerprint density at radius 1 is 1.31 bits per heavy atom. The largest absolute Gasteiger partial charge is 0.389 e. The summed E-state index contributed by atoms with van der Waals surface area (Å²) in [6.07, 6.45) is -6.38. The molecule has 1 aromatic carbocycles. The van der Waals surface area contributed by atoms with Crippen molar-refractivity contribution in [3.05, 3.63) is 34.1 Å². The summed E-state index contributed by atoms with van der Waals surface area (Å²) in [7, 11) is 0. The van der Waals surface area contributed by atoms with Crippen LogP contribution < -0.4 is 0 Å². The molecule has 0 spiro atoms. The molecule has 0 amide bonds. The van der Waals surface area contributed by atoms with Gasteiger partial charge in [-0.05, 0) is 18.2 Å². The van der Waals surface area contributed by atoms with E-state index < -0.39 is 30.6 Å². The smallest absolute Gasteiger partial charge is 0.294 e. The van der Waals surface area contributed by atoms with Gasteiger partial charge in [-0.3, -0.25) is 4.79 Å². The average Bonchev–Trinajstić information content (AvgIpc) is 2.17. The molecule has 1 nitrogen and oxygen atoms in total. The summed E-state index contributed by atoms with van der Waals surface area (Å²) in [6, 6.07) is 3.58. The predicted octanol–water partition coefficient (Wildman–Crippen LogP) is 4.11. The molecule has 0 aliphatic rings. The number of hydrogen-bond donors (Lipinski definition) is 0. The molecule has 0 saturated heterocycles. The fourth-order valence-electron chi connectivity index (χ4n) is 1.10. The standard InChI is InChI=1S/C10H7BrF4O/c11-6-1-2-8(12)7(5-6)9(16)3-4-10(13,14)15/h1-2,5H,3-4H2. The van der Waals surface area contributed by atoms with E-state index in [4.69, 9.17) is 0 Å². The van der Waals surface area contributed by atoms with Gasteiger partial charge in [-0.25, -0.2) is 4.39 Å². The third kappa shape index (κ3) is 3.92. The van der Waals surface area contributed by atoms with Gasteiger partial charge in [0.05, 0.1) is 12.0 Å². The van der Waals surface area contributed by atoms with Crippen molar-refractivity contribution in [3.63, 3.8) is 0 Å². The molecule has 0 aliphatic heterocycles. The van der Waals surface area contributed by atoms with Gasteiger partial charge in [0.25, 0.3) is 0 Å².